The lowest BCUT2D eigenvalue weighted by molar-refractivity contribution is -0.137. The van der Waals surface area contributed by atoms with Crippen LogP contribution in [-0.4, -0.2) is 35.3 Å². The van der Waals surface area contributed by atoms with Crippen LogP contribution in [0.3, 0.4) is 0 Å². The van der Waals surface area contributed by atoms with Crippen LogP contribution in [0.5, 0.6) is 0 Å². The molecule has 0 bridgehead atoms. The second-order valence-corrected chi connectivity index (χ2v) is 5.64. The van der Waals surface area contributed by atoms with Gasteiger partial charge in [0.25, 0.3) is 5.91 Å². The fourth-order valence-corrected chi connectivity index (χ4v) is 2.40. The maximum Gasteiger partial charge on any atom is 0.418 e. The summed E-state index contributed by atoms with van der Waals surface area (Å²) in [5.74, 6) is -1.26. The van der Waals surface area contributed by atoms with Gasteiger partial charge in [-0.05, 0) is 32.0 Å². The van der Waals surface area contributed by atoms with Gasteiger partial charge in [-0.2, -0.15) is 13.2 Å². The van der Waals surface area contributed by atoms with Crippen LogP contribution in [0.2, 0.25) is 0 Å². The molecule has 0 radical (unpaired) electrons. The lowest BCUT2D eigenvalue weighted by Crippen LogP contribution is -2.37. The number of alkyl halides is 3. The molecule has 0 aliphatic carbocycles. The molecule has 6 nitrogen and oxygen atoms in total. The molecule has 9 heteroatoms. The molecule has 0 atom stereocenters. The Kier molecular flexibility index (Phi) is 4.54. The molecular formula is C15H16F3N3O3. The second kappa shape index (κ2) is 6.14. The van der Waals surface area contributed by atoms with E-state index < -0.39 is 35.3 Å². The molecule has 1 heterocycles. The molecule has 130 valence electrons. The van der Waals surface area contributed by atoms with E-state index >= 15 is 0 Å². The van der Waals surface area contributed by atoms with Gasteiger partial charge in [0.05, 0.1) is 11.3 Å². The van der Waals surface area contributed by atoms with E-state index in [9.17, 15) is 27.6 Å². The zero-order valence-corrected chi connectivity index (χ0v) is 13.3. The third kappa shape index (κ3) is 3.34. The Balaban J connectivity index is 2.52. The van der Waals surface area contributed by atoms with Crippen LogP contribution in [0.15, 0.2) is 18.2 Å². The van der Waals surface area contributed by atoms with Crippen LogP contribution in [0, 0.1) is 0 Å². The lowest BCUT2D eigenvalue weighted by Gasteiger charge is -2.23. The maximum absolute atomic E-state index is 13.4. The normalized spacial score (nSPS) is 15.5. The summed E-state index contributed by atoms with van der Waals surface area (Å²) < 4.78 is 40.1. The van der Waals surface area contributed by atoms with E-state index in [-0.39, 0.29) is 18.3 Å². The van der Waals surface area contributed by atoms with Gasteiger partial charge in [-0.3, -0.25) is 9.59 Å². The first kappa shape index (κ1) is 17.8. The largest absolute Gasteiger partial charge is 0.418 e. The first-order valence-corrected chi connectivity index (χ1v) is 7.14. The molecule has 0 saturated carbocycles. The van der Waals surface area contributed by atoms with Crippen molar-refractivity contribution in [3.8, 4) is 0 Å². The van der Waals surface area contributed by atoms with Crippen molar-refractivity contribution in [2.75, 3.05) is 16.8 Å². The Hall–Kier alpha value is -2.58. The molecule has 1 N–H and O–H groups in total. The predicted octanol–water partition coefficient (Wildman–Crippen LogP) is 2.84. The van der Waals surface area contributed by atoms with Gasteiger partial charge in [0.2, 0.25) is 5.91 Å². The average molecular weight is 343 g/mol. The number of nitrogens with zero attached hydrogens (tertiary/aromatic N) is 2. The summed E-state index contributed by atoms with van der Waals surface area (Å²) in [5, 5.41) is 2.25. The highest BCUT2D eigenvalue weighted by atomic mass is 19.4. The minimum atomic E-state index is -4.80. The van der Waals surface area contributed by atoms with Crippen molar-refractivity contribution in [2.24, 2.45) is 0 Å². The number of carbonyl (C=O) groups is 3. The van der Waals surface area contributed by atoms with E-state index in [1.807, 2.05) is 0 Å². The molecule has 2 rings (SSSR count). The van der Waals surface area contributed by atoms with Crippen LogP contribution in [0.25, 0.3) is 0 Å². The zero-order chi connectivity index (χ0) is 18.2. The summed E-state index contributed by atoms with van der Waals surface area (Å²) in [6.07, 6.45) is -4.80. The van der Waals surface area contributed by atoms with Gasteiger partial charge in [0.1, 0.15) is 6.54 Å². The monoisotopic (exact) mass is 343 g/mol. The number of imide groups is 1. The number of nitrogens with one attached hydrogen (secondary N) is 1. The van der Waals surface area contributed by atoms with E-state index in [1.54, 1.807) is 13.8 Å². The van der Waals surface area contributed by atoms with Crippen molar-refractivity contribution in [1.29, 1.82) is 0 Å². The molecule has 1 aromatic carbocycles. The van der Waals surface area contributed by atoms with Crippen molar-refractivity contribution in [1.82, 2.24) is 4.90 Å². The minimum Gasteiger partial charge on any atom is -0.326 e. The van der Waals surface area contributed by atoms with Gasteiger partial charge >= 0.3 is 12.2 Å². The summed E-state index contributed by atoms with van der Waals surface area (Å²) in [6, 6.07) is 1.81. The SMILES string of the molecule is CC(=O)Nc1ccc(N2C(=O)CN(C(C)C)C2=O)c(C(F)(F)F)c1. The molecule has 1 aromatic rings. The Bertz CT molecular complexity index is 701. The summed E-state index contributed by atoms with van der Waals surface area (Å²) >= 11 is 0. The number of hydrogen-bond donors (Lipinski definition) is 1. The molecular weight excluding hydrogens is 327 g/mol. The number of anilines is 2. The molecule has 0 aromatic heterocycles. The van der Waals surface area contributed by atoms with Crippen molar-refractivity contribution >= 4 is 29.2 Å². The van der Waals surface area contributed by atoms with Crippen molar-refractivity contribution in [2.45, 2.75) is 33.0 Å². The van der Waals surface area contributed by atoms with Gasteiger partial charge in [0.15, 0.2) is 0 Å². The van der Waals surface area contributed by atoms with Gasteiger partial charge in [-0.25, -0.2) is 9.69 Å². The molecule has 24 heavy (non-hydrogen) atoms. The number of rotatable bonds is 3. The Morgan fingerprint density at radius 1 is 1.25 bits per heavy atom. The molecule has 4 amide bonds. The topological polar surface area (TPSA) is 69.7 Å². The summed E-state index contributed by atoms with van der Waals surface area (Å²) in [4.78, 5) is 37.1. The fourth-order valence-electron chi connectivity index (χ4n) is 2.40. The first-order valence-electron chi connectivity index (χ1n) is 7.14. The van der Waals surface area contributed by atoms with Gasteiger partial charge < -0.3 is 10.2 Å². The number of carbonyl (C=O) groups excluding carboxylic acids is 3. The van der Waals surface area contributed by atoms with E-state index in [0.717, 1.165) is 13.0 Å². The first-order chi connectivity index (χ1) is 11.0. The summed E-state index contributed by atoms with van der Waals surface area (Å²) in [6.45, 7) is 4.22. The summed E-state index contributed by atoms with van der Waals surface area (Å²) in [7, 11) is 0. The van der Waals surface area contributed by atoms with Crippen LogP contribution >= 0.6 is 0 Å². The molecule has 0 unspecified atom stereocenters. The number of urea groups is 1. The third-order valence-corrected chi connectivity index (χ3v) is 3.48. The summed E-state index contributed by atoms with van der Waals surface area (Å²) in [5.41, 5.74) is -1.78. The number of halogens is 3. The van der Waals surface area contributed by atoms with E-state index in [0.29, 0.717) is 11.0 Å². The lowest BCUT2D eigenvalue weighted by atomic mass is 10.1. The Morgan fingerprint density at radius 2 is 1.88 bits per heavy atom. The van der Waals surface area contributed by atoms with Crippen LogP contribution in [-0.2, 0) is 15.8 Å². The second-order valence-electron chi connectivity index (χ2n) is 5.64. The van der Waals surface area contributed by atoms with Gasteiger partial charge in [-0.15, -0.1) is 0 Å². The number of amides is 4. The van der Waals surface area contributed by atoms with Gasteiger partial charge in [-0.1, -0.05) is 0 Å². The van der Waals surface area contributed by atoms with Gasteiger partial charge in [0, 0.05) is 18.7 Å². The molecule has 1 fully saturated rings. The highest BCUT2D eigenvalue weighted by molar-refractivity contribution is 6.20. The van der Waals surface area contributed by atoms with E-state index in [4.69, 9.17) is 0 Å². The quantitative estimate of drug-likeness (QED) is 0.858. The smallest absolute Gasteiger partial charge is 0.326 e. The van der Waals surface area contributed by atoms with Crippen LogP contribution in [0.4, 0.5) is 29.3 Å². The Morgan fingerprint density at radius 3 is 2.33 bits per heavy atom. The predicted molar refractivity (Wildman–Crippen MR) is 80.5 cm³/mol. The highest BCUT2D eigenvalue weighted by Crippen LogP contribution is 2.39. The van der Waals surface area contributed by atoms with Crippen LogP contribution < -0.4 is 10.2 Å². The van der Waals surface area contributed by atoms with Crippen molar-refractivity contribution < 1.29 is 27.6 Å². The third-order valence-electron chi connectivity index (χ3n) is 3.48. The molecule has 0 spiro atoms. The number of benzene rings is 1. The van der Waals surface area contributed by atoms with Crippen molar-refractivity contribution in [3.63, 3.8) is 0 Å². The standard InChI is InChI=1S/C15H16F3N3O3/c1-8(2)20-7-13(23)21(14(20)24)12-5-4-10(19-9(3)22)6-11(12)15(16,17)18/h4-6,8H,7H2,1-3H3,(H,19,22). The zero-order valence-electron chi connectivity index (χ0n) is 13.3. The minimum absolute atomic E-state index is 0.0709. The Labute approximate surface area is 136 Å². The fraction of sp³-hybridized carbons (Fsp3) is 0.400. The van der Waals surface area contributed by atoms with Crippen LogP contribution in [0.1, 0.15) is 26.3 Å². The number of hydrogen-bond acceptors (Lipinski definition) is 3. The van der Waals surface area contributed by atoms with Crippen molar-refractivity contribution in [3.05, 3.63) is 23.8 Å². The maximum atomic E-state index is 13.4. The molecule has 1 saturated heterocycles. The van der Waals surface area contributed by atoms with E-state index in [2.05, 4.69) is 5.32 Å². The molecule has 1 aliphatic heterocycles. The average Bonchev–Trinajstić information content (AvgIpc) is 2.73. The molecule has 1 aliphatic rings. The highest BCUT2D eigenvalue weighted by Gasteiger charge is 2.43. The van der Waals surface area contributed by atoms with E-state index in [1.165, 1.54) is 11.0 Å².